The van der Waals surface area contributed by atoms with E-state index in [2.05, 4.69) is 22.4 Å². The Bertz CT molecular complexity index is 730. The molecule has 120 valence electrons. The van der Waals surface area contributed by atoms with Gasteiger partial charge in [0.2, 0.25) is 0 Å². The standard InChI is InChI=1S/C18H20ClN3O/c19-15-6-2-5-14(9-15)17(23)11-21-18(20)22-16-8-7-12-3-1-4-13(12)10-16/h2,5-10,17,23H,1,3-4,11H2,(H3,20,21,22)/t17-/m1/s1. The molecule has 4 nitrogen and oxygen atoms in total. The van der Waals surface area contributed by atoms with Crippen molar-refractivity contribution in [1.29, 1.82) is 0 Å². The first-order valence-electron chi connectivity index (χ1n) is 7.74. The molecule has 1 aliphatic rings. The Balaban J connectivity index is 1.61. The number of nitrogens with two attached hydrogens (primary N) is 1. The number of aliphatic hydroxyl groups is 1. The predicted octanol–water partition coefficient (Wildman–Crippen LogP) is 3.29. The van der Waals surface area contributed by atoms with Crippen molar-refractivity contribution in [2.45, 2.75) is 25.4 Å². The summed E-state index contributed by atoms with van der Waals surface area (Å²) in [5.74, 6) is 0.295. The lowest BCUT2D eigenvalue weighted by Gasteiger charge is -2.11. The Hall–Kier alpha value is -2.04. The van der Waals surface area contributed by atoms with Crippen LogP contribution in [-0.4, -0.2) is 17.6 Å². The van der Waals surface area contributed by atoms with Gasteiger partial charge in [-0.25, -0.2) is 0 Å². The average Bonchev–Trinajstić information content (AvgIpc) is 3.00. The zero-order valence-corrected chi connectivity index (χ0v) is 13.6. The molecule has 23 heavy (non-hydrogen) atoms. The van der Waals surface area contributed by atoms with Crippen LogP contribution in [0.3, 0.4) is 0 Å². The molecule has 0 aromatic heterocycles. The second-order valence-electron chi connectivity index (χ2n) is 5.76. The summed E-state index contributed by atoms with van der Waals surface area (Å²) in [6.45, 7) is 0.185. The molecular weight excluding hydrogens is 310 g/mol. The topological polar surface area (TPSA) is 70.6 Å². The lowest BCUT2D eigenvalue weighted by atomic mass is 10.1. The summed E-state index contributed by atoms with van der Waals surface area (Å²) >= 11 is 5.92. The molecule has 0 amide bonds. The molecule has 0 aliphatic heterocycles. The van der Waals surface area contributed by atoms with E-state index in [4.69, 9.17) is 17.3 Å². The number of nitrogens with zero attached hydrogens (tertiary/aromatic N) is 1. The largest absolute Gasteiger partial charge is 0.386 e. The minimum absolute atomic E-state index is 0.185. The first-order chi connectivity index (χ1) is 11.1. The van der Waals surface area contributed by atoms with Gasteiger partial charge in [0.25, 0.3) is 0 Å². The molecule has 0 heterocycles. The van der Waals surface area contributed by atoms with E-state index in [0.29, 0.717) is 11.0 Å². The molecule has 2 aromatic carbocycles. The average molecular weight is 330 g/mol. The molecule has 0 saturated heterocycles. The van der Waals surface area contributed by atoms with E-state index in [1.54, 1.807) is 18.2 Å². The first kappa shape index (κ1) is 15.8. The summed E-state index contributed by atoms with van der Waals surface area (Å²) in [7, 11) is 0. The maximum absolute atomic E-state index is 10.1. The Kier molecular flexibility index (Phi) is 4.84. The number of hydrogen-bond acceptors (Lipinski definition) is 2. The second kappa shape index (κ2) is 7.02. The van der Waals surface area contributed by atoms with Crippen LogP contribution < -0.4 is 11.1 Å². The number of anilines is 1. The molecule has 0 radical (unpaired) electrons. The molecule has 1 aliphatic carbocycles. The van der Waals surface area contributed by atoms with Gasteiger partial charge >= 0.3 is 0 Å². The van der Waals surface area contributed by atoms with Crippen molar-refractivity contribution >= 4 is 23.2 Å². The number of aryl methyl sites for hydroxylation is 2. The van der Waals surface area contributed by atoms with Gasteiger partial charge in [-0.05, 0) is 60.2 Å². The normalized spacial score (nSPS) is 15.3. The maximum atomic E-state index is 10.1. The number of fused-ring (bicyclic) bond motifs is 1. The van der Waals surface area contributed by atoms with Crippen LogP contribution in [0.1, 0.15) is 29.2 Å². The summed E-state index contributed by atoms with van der Waals surface area (Å²) in [6.07, 6.45) is 2.77. The molecule has 4 N–H and O–H groups in total. The highest BCUT2D eigenvalue weighted by atomic mass is 35.5. The van der Waals surface area contributed by atoms with E-state index in [1.165, 1.54) is 17.5 Å². The summed E-state index contributed by atoms with van der Waals surface area (Å²) < 4.78 is 0. The molecule has 0 unspecified atom stereocenters. The number of aliphatic hydroxyl groups excluding tert-OH is 1. The Morgan fingerprint density at radius 3 is 2.87 bits per heavy atom. The van der Waals surface area contributed by atoms with E-state index in [-0.39, 0.29) is 6.54 Å². The minimum Gasteiger partial charge on any atom is -0.386 e. The van der Waals surface area contributed by atoms with Crippen LogP contribution in [0.2, 0.25) is 5.02 Å². The van der Waals surface area contributed by atoms with Gasteiger partial charge in [-0.1, -0.05) is 29.8 Å². The van der Waals surface area contributed by atoms with Crippen LogP contribution in [0.5, 0.6) is 0 Å². The zero-order chi connectivity index (χ0) is 16.2. The van der Waals surface area contributed by atoms with Gasteiger partial charge in [-0.15, -0.1) is 0 Å². The number of hydrogen-bond donors (Lipinski definition) is 3. The Morgan fingerprint density at radius 2 is 2.04 bits per heavy atom. The van der Waals surface area contributed by atoms with E-state index >= 15 is 0 Å². The van der Waals surface area contributed by atoms with Crippen molar-refractivity contribution in [3.05, 3.63) is 64.2 Å². The molecule has 2 aromatic rings. The maximum Gasteiger partial charge on any atom is 0.193 e. The third kappa shape index (κ3) is 4.03. The summed E-state index contributed by atoms with van der Waals surface area (Å²) in [5.41, 5.74) is 10.4. The van der Waals surface area contributed by atoms with Crippen molar-refractivity contribution < 1.29 is 5.11 Å². The van der Waals surface area contributed by atoms with E-state index < -0.39 is 6.10 Å². The number of rotatable bonds is 4. The zero-order valence-electron chi connectivity index (χ0n) is 12.8. The third-order valence-corrected chi connectivity index (χ3v) is 4.27. The molecule has 5 heteroatoms. The van der Waals surface area contributed by atoms with E-state index in [0.717, 1.165) is 24.1 Å². The quantitative estimate of drug-likeness (QED) is 0.595. The van der Waals surface area contributed by atoms with Gasteiger partial charge < -0.3 is 16.2 Å². The molecule has 0 bridgehead atoms. The Morgan fingerprint density at radius 1 is 1.22 bits per heavy atom. The summed E-state index contributed by atoms with van der Waals surface area (Å²) in [6, 6.07) is 13.4. The number of benzene rings is 2. The van der Waals surface area contributed by atoms with Crippen molar-refractivity contribution in [3.63, 3.8) is 0 Å². The third-order valence-electron chi connectivity index (χ3n) is 4.04. The predicted molar refractivity (Wildman–Crippen MR) is 95.0 cm³/mol. The van der Waals surface area contributed by atoms with Gasteiger partial charge in [0.05, 0.1) is 12.6 Å². The fourth-order valence-corrected chi connectivity index (χ4v) is 3.04. The molecule has 0 saturated carbocycles. The van der Waals surface area contributed by atoms with Crippen LogP contribution in [0, 0.1) is 0 Å². The van der Waals surface area contributed by atoms with E-state index in [1.807, 2.05) is 12.1 Å². The van der Waals surface area contributed by atoms with Crippen LogP contribution in [0.15, 0.2) is 47.5 Å². The van der Waals surface area contributed by atoms with Crippen LogP contribution in [0.25, 0.3) is 0 Å². The van der Waals surface area contributed by atoms with Gasteiger partial charge in [0.15, 0.2) is 5.96 Å². The molecule has 3 rings (SSSR count). The van der Waals surface area contributed by atoms with Gasteiger partial charge in [0, 0.05) is 10.7 Å². The first-order valence-corrected chi connectivity index (χ1v) is 8.12. The minimum atomic E-state index is -0.728. The highest BCUT2D eigenvalue weighted by molar-refractivity contribution is 6.30. The monoisotopic (exact) mass is 329 g/mol. The van der Waals surface area contributed by atoms with Crippen LogP contribution >= 0.6 is 11.6 Å². The molecule has 0 fully saturated rings. The van der Waals surface area contributed by atoms with Crippen molar-refractivity contribution in [3.8, 4) is 0 Å². The lowest BCUT2D eigenvalue weighted by molar-refractivity contribution is 0.187. The smallest absolute Gasteiger partial charge is 0.193 e. The van der Waals surface area contributed by atoms with E-state index in [9.17, 15) is 5.11 Å². The summed E-state index contributed by atoms with van der Waals surface area (Å²) in [5, 5.41) is 13.8. The SMILES string of the molecule is NC(=NC[C@@H](O)c1cccc(Cl)c1)Nc1ccc2c(c1)CCC2. The fraction of sp³-hybridized carbons (Fsp3) is 0.278. The highest BCUT2D eigenvalue weighted by Gasteiger charge is 2.11. The van der Waals surface area contributed by atoms with Crippen LogP contribution in [-0.2, 0) is 12.8 Å². The van der Waals surface area contributed by atoms with Crippen molar-refractivity contribution in [2.24, 2.45) is 10.7 Å². The number of guanidine groups is 1. The number of nitrogens with one attached hydrogen (secondary N) is 1. The number of halogens is 1. The number of aliphatic imine (C=N–C) groups is 1. The molecule has 1 atom stereocenters. The Labute approximate surface area is 141 Å². The molecule has 0 spiro atoms. The van der Waals surface area contributed by atoms with Crippen LogP contribution in [0.4, 0.5) is 5.69 Å². The van der Waals surface area contributed by atoms with Gasteiger partial charge in [-0.3, -0.25) is 4.99 Å². The van der Waals surface area contributed by atoms with Crippen molar-refractivity contribution in [2.75, 3.05) is 11.9 Å². The highest BCUT2D eigenvalue weighted by Crippen LogP contribution is 2.24. The van der Waals surface area contributed by atoms with Gasteiger partial charge in [-0.2, -0.15) is 0 Å². The molecular formula is C18H20ClN3O. The van der Waals surface area contributed by atoms with Gasteiger partial charge in [0.1, 0.15) is 0 Å². The lowest BCUT2D eigenvalue weighted by Crippen LogP contribution is -2.23. The summed E-state index contributed by atoms with van der Waals surface area (Å²) in [4.78, 5) is 4.21. The van der Waals surface area contributed by atoms with Crippen molar-refractivity contribution in [1.82, 2.24) is 0 Å². The second-order valence-corrected chi connectivity index (χ2v) is 6.20. The fourth-order valence-electron chi connectivity index (χ4n) is 2.84.